The molecule has 14 heavy (non-hydrogen) atoms. The molecule has 0 spiro atoms. The Kier molecular flexibility index (Phi) is 4.72. The first-order valence-corrected chi connectivity index (χ1v) is 5.22. The number of ether oxygens (including phenoxy) is 1. The summed E-state index contributed by atoms with van der Waals surface area (Å²) in [4.78, 5) is 0. The van der Waals surface area contributed by atoms with E-state index >= 15 is 0 Å². The van der Waals surface area contributed by atoms with Crippen molar-refractivity contribution in [1.29, 1.82) is 0 Å². The Labute approximate surface area is 94.8 Å². The average molecular weight is 227 g/mol. The van der Waals surface area contributed by atoms with Crippen molar-refractivity contribution < 1.29 is 4.74 Å². The lowest BCUT2D eigenvalue weighted by Crippen LogP contribution is -1.84. The predicted octanol–water partition coefficient (Wildman–Crippen LogP) is 3.02. The standard InChI is InChI=1S/C11H11ClOS/c1-13-11-6-5-9(8-10(11)12)4-2-3-7-14/h5-6,8,14H,3,7H2,1H3. The molecule has 1 aromatic carbocycles. The molecule has 0 amide bonds. The number of thiol groups is 1. The molecule has 0 radical (unpaired) electrons. The Hall–Kier alpha value is -0.780. The van der Waals surface area contributed by atoms with E-state index in [0.717, 1.165) is 17.7 Å². The smallest absolute Gasteiger partial charge is 0.137 e. The molecule has 0 heterocycles. The first-order valence-electron chi connectivity index (χ1n) is 4.21. The predicted molar refractivity (Wildman–Crippen MR) is 63.4 cm³/mol. The van der Waals surface area contributed by atoms with E-state index in [-0.39, 0.29) is 0 Å². The molecule has 3 heteroatoms. The highest BCUT2D eigenvalue weighted by Gasteiger charge is 1.98. The van der Waals surface area contributed by atoms with E-state index < -0.39 is 0 Å². The van der Waals surface area contributed by atoms with Crippen molar-refractivity contribution in [3.8, 4) is 17.6 Å². The highest BCUT2D eigenvalue weighted by molar-refractivity contribution is 7.80. The molecule has 0 aliphatic rings. The molecule has 0 aliphatic heterocycles. The van der Waals surface area contributed by atoms with E-state index in [0.29, 0.717) is 10.8 Å². The molecule has 74 valence electrons. The second-order valence-electron chi connectivity index (χ2n) is 2.62. The van der Waals surface area contributed by atoms with Gasteiger partial charge in [-0.2, -0.15) is 12.6 Å². The normalized spacial score (nSPS) is 9.07. The fraction of sp³-hybridized carbons (Fsp3) is 0.273. The molecule has 0 saturated carbocycles. The SMILES string of the molecule is COc1ccc(C#CCCS)cc1Cl. The quantitative estimate of drug-likeness (QED) is 0.603. The van der Waals surface area contributed by atoms with Gasteiger partial charge in [0.1, 0.15) is 5.75 Å². The summed E-state index contributed by atoms with van der Waals surface area (Å²) in [5.74, 6) is 7.44. The molecule has 0 atom stereocenters. The summed E-state index contributed by atoms with van der Waals surface area (Å²) < 4.78 is 5.03. The van der Waals surface area contributed by atoms with Gasteiger partial charge in [0.05, 0.1) is 12.1 Å². The fourth-order valence-corrected chi connectivity index (χ4v) is 1.33. The van der Waals surface area contributed by atoms with Crippen LogP contribution in [0.4, 0.5) is 0 Å². The maximum atomic E-state index is 5.93. The van der Waals surface area contributed by atoms with Crippen molar-refractivity contribution in [1.82, 2.24) is 0 Å². The van der Waals surface area contributed by atoms with Gasteiger partial charge in [0.25, 0.3) is 0 Å². The third kappa shape index (κ3) is 3.17. The minimum absolute atomic E-state index is 0.588. The van der Waals surface area contributed by atoms with Gasteiger partial charge >= 0.3 is 0 Å². The average Bonchev–Trinajstić information content (AvgIpc) is 2.18. The highest BCUT2D eigenvalue weighted by Crippen LogP contribution is 2.24. The molecule has 0 fully saturated rings. The number of benzene rings is 1. The van der Waals surface area contributed by atoms with Crippen LogP contribution in [0, 0.1) is 11.8 Å². The first-order chi connectivity index (χ1) is 6.77. The maximum absolute atomic E-state index is 5.93. The van der Waals surface area contributed by atoms with Crippen molar-refractivity contribution in [2.75, 3.05) is 12.9 Å². The lowest BCUT2D eigenvalue weighted by molar-refractivity contribution is 0.415. The van der Waals surface area contributed by atoms with E-state index in [1.807, 2.05) is 12.1 Å². The van der Waals surface area contributed by atoms with Gasteiger partial charge in [-0.05, 0) is 18.2 Å². The zero-order valence-corrected chi connectivity index (χ0v) is 9.53. The maximum Gasteiger partial charge on any atom is 0.137 e. The van der Waals surface area contributed by atoms with E-state index in [1.165, 1.54) is 0 Å². The minimum atomic E-state index is 0.588. The van der Waals surface area contributed by atoms with Crippen molar-refractivity contribution in [3.05, 3.63) is 28.8 Å². The van der Waals surface area contributed by atoms with E-state index in [2.05, 4.69) is 24.5 Å². The van der Waals surface area contributed by atoms with Gasteiger partial charge < -0.3 is 4.74 Å². The Morgan fingerprint density at radius 1 is 1.50 bits per heavy atom. The molecule has 0 aliphatic carbocycles. The molecule has 1 nitrogen and oxygen atoms in total. The summed E-state index contributed by atoms with van der Waals surface area (Å²) in [5.41, 5.74) is 0.901. The Morgan fingerprint density at radius 2 is 2.29 bits per heavy atom. The van der Waals surface area contributed by atoms with Crippen molar-refractivity contribution >= 4 is 24.2 Å². The second kappa shape index (κ2) is 5.85. The minimum Gasteiger partial charge on any atom is -0.495 e. The lowest BCUT2D eigenvalue weighted by Gasteiger charge is -2.01. The van der Waals surface area contributed by atoms with Crippen molar-refractivity contribution in [2.24, 2.45) is 0 Å². The molecular formula is C11H11ClOS. The van der Waals surface area contributed by atoms with E-state index in [1.54, 1.807) is 13.2 Å². The van der Waals surface area contributed by atoms with Crippen molar-refractivity contribution in [3.63, 3.8) is 0 Å². The Morgan fingerprint density at radius 3 is 2.86 bits per heavy atom. The molecule has 1 aromatic rings. The van der Waals surface area contributed by atoms with Crippen LogP contribution in [-0.2, 0) is 0 Å². The Bertz CT molecular complexity index is 365. The summed E-state index contributed by atoms with van der Waals surface area (Å²) in [5, 5.41) is 0.588. The molecule has 0 unspecified atom stereocenters. The first kappa shape index (κ1) is 11.3. The number of halogens is 1. The van der Waals surface area contributed by atoms with Crippen LogP contribution in [0.5, 0.6) is 5.75 Å². The molecule has 0 N–H and O–H groups in total. The molecule has 0 bridgehead atoms. The summed E-state index contributed by atoms with van der Waals surface area (Å²) in [7, 11) is 1.59. The van der Waals surface area contributed by atoms with Crippen LogP contribution in [0.2, 0.25) is 5.02 Å². The number of methoxy groups -OCH3 is 1. The lowest BCUT2D eigenvalue weighted by atomic mass is 10.2. The fourth-order valence-electron chi connectivity index (χ4n) is 0.965. The van der Waals surface area contributed by atoms with Crippen LogP contribution in [0.25, 0.3) is 0 Å². The van der Waals surface area contributed by atoms with Gasteiger partial charge in [-0.1, -0.05) is 23.4 Å². The third-order valence-corrected chi connectivity index (χ3v) is 2.14. The van der Waals surface area contributed by atoms with Crippen LogP contribution < -0.4 is 4.74 Å². The zero-order chi connectivity index (χ0) is 10.4. The monoisotopic (exact) mass is 226 g/mol. The van der Waals surface area contributed by atoms with Crippen LogP contribution >= 0.6 is 24.2 Å². The summed E-state index contributed by atoms with van der Waals surface area (Å²) >= 11 is 10.0. The van der Waals surface area contributed by atoms with Crippen LogP contribution in [-0.4, -0.2) is 12.9 Å². The number of hydrogen-bond acceptors (Lipinski definition) is 2. The van der Waals surface area contributed by atoms with E-state index in [9.17, 15) is 0 Å². The van der Waals surface area contributed by atoms with Crippen molar-refractivity contribution in [2.45, 2.75) is 6.42 Å². The number of hydrogen-bond donors (Lipinski definition) is 1. The van der Waals surface area contributed by atoms with Crippen LogP contribution in [0.3, 0.4) is 0 Å². The largest absolute Gasteiger partial charge is 0.495 e. The molecule has 0 saturated heterocycles. The van der Waals surface area contributed by atoms with Gasteiger partial charge in [0.2, 0.25) is 0 Å². The molecule has 1 rings (SSSR count). The zero-order valence-electron chi connectivity index (χ0n) is 7.88. The topological polar surface area (TPSA) is 9.23 Å². The van der Waals surface area contributed by atoms with Gasteiger partial charge in [0.15, 0.2) is 0 Å². The third-order valence-electron chi connectivity index (χ3n) is 1.62. The molecular weight excluding hydrogens is 216 g/mol. The van der Waals surface area contributed by atoms with Gasteiger partial charge in [-0.25, -0.2) is 0 Å². The summed E-state index contributed by atoms with van der Waals surface area (Å²) in [6.45, 7) is 0. The number of rotatable bonds is 2. The van der Waals surface area contributed by atoms with Crippen LogP contribution in [0.15, 0.2) is 18.2 Å². The van der Waals surface area contributed by atoms with Gasteiger partial charge in [-0.3, -0.25) is 0 Å². The van der Waals surface area contributed by atoms with Gasteiger partial charge in [0, 0.05) is 17.7 Å². The van der Waals surface area contributed by atoms with Crippen LogP contribution in [0.1, 0.15) is 12.0 Å². The van der Waals surface area contributed by atoms with E-state index in [4.69, 9.17) is 16.3 Å². The van der Waals surface area contributed by atoms with Gasteiger partial charge in [-0.15, -0.1) is 0 Å². The molecule has 0 aromatic heterocycles. The highest BCUT2D eigenvalue weighted by atomic mass is 35.5. The summed E-state index contributed by atoms with van der Waals surface area (Å²) in [6, 6.07) is 5.50. The Balaban J connectivity index is 2.82. The second-order valence-corrected chi connectivity index (χ2v) is 3.48. The summed E-state index contributed by atoms with van der Waals surface area (Å²) in [6.07, 6.45) is 0.784.